The summed E-state index contributed by atoms with van der Waals surface area (Å²) in [7, 11) is 0. The summed E-state index contributed by atoms with van der Waals surface area (Å²) in [6.07, 6.45) is 0.182. The molecule has 2 saturated carbocycles. The molecule has 2 aliphatic carbocycles. The van der Waals surface area contributed by atoms with E-state index in [4.69, 9.17) is 23.2 Å². The smallest absolute Gasteiger partial charge is 0.433 e. The number of aryl methyl sites for hydroxylation is 1. The van der Waals surface area contributed by atoms with Gasteiger partial charge in [0.2, 0.25) is 0 Å². The van der Waals surface area contributed by atoms with Gasteiger partial charge in [-0.25, -0.2) is 0 Å². The third-order valence-corrected chi connectivity index (χ3v) is 9.31. The van der Waals surface area contributed by atoms with Gasteiger partial charge in [0, 0.05) is 6.54 Å². The number of carboxylic acid groups (broad SMARTS) is 1. The number of carboxylic acids is 1. The first-order valence-electron chi connectivity index (χ1n) is 14.2. The molecule has 230 valence electrons. The van der Waals surface area contributed by atoms with Crippen LogP contribution < -0.4 is 0 Å². The summed E-state index contributed by atoms with van der Waals surface area (Å²) >= 11 is 12.7. The molecule has 0 aliphatic heterocycles. The molecule has 0 atom stereocenters. The molecule has 2 aliphatic rings. The van der Waals surface area contributed by atoms with Crippen LogP contribution in [-0.4, -0.2) is 50.5 Å². The van der Waals surface area contributed by atoms with Gasteiger partial charge in [-0.1, -0.05) is 37.0 Å². The number of alkyl halides is 3. The number of hydrogen-bond acceptors (Lipinski definition) is 4. The van der Waals surface area contributed by atoms with E-state index in [0.717, 1.165) is 42.1 Å². The van der Waals surface area contributed by atoms with Crippen molar-refractivity contribution >= 4 is 40.9 Å². The third-order valence-electron chi connectivity index (χ3n) is 8.71. The minimum absolute atomic E-state index is 0.00872. The van der Waals surface area contributed by atoms with Gasteiger partial charge in [0.25, 0.3) is 5.91 Å². The van der Waals surface area contributed by atoms with Crippen LogP contribution in [0, 0.1) is 24.2 Å². The third kappa shape index (κ3) is 7.30. The van der Waals surface area contributed by atoms with Crippen molar-refractivity contribution in [2.45, 2.75) is 84.4 Å². The molecule has 42 heavy (non-hydrogen) atoms. The first-order chi connectivity index (χ1) is 19.6. The lowest BCUT2D eigenvalue weighted by molar-refractivity contribution is -0.147. The van der Waals surface area contributed by atoms with Crippen molar-refractivity contribution in [3.8, 4) is 0 Å². The van der Waals surface area contributed by atoms with Crippen molar-refractivity contribution in [1.82, 2.24) is 14.7 Å². The molecule has 4 rings (SSSR count). The molecule has 12 heteroatoms. The zero-order valence-electron chi connectivity index (χ0n) is 23.9. The molecule has 1 aromatic carbocycles. The van der Waals surface area contributed by atoms with Gasteiger partial charge in [0.15, 0.2) is 11.5 Å². The number of aliphatic carboxylic acids is 1. The fourth-order valence-corrected chi connectivity index (χ4v) is 7.01. The minimum Gasteiger partial charge on any atom is -0.481 e. The number of rotatable bonds is 8. The number of aromatic nitrogens is 2. The van der Waals surface area contributed by atoms with Crippen LogP contribution in [0.3, 0.4) is 0 Å². The maximum absolute atomic E-state index is 14.5. The van der Waals surface area contributed by atoms with E-state index in [-0.39, 0.29) is 59.2 Å². The van der Waals surface area contributed by atoms with E-state index in [9.17, 15) is 32.7 Å². The number of Topliss-reactive ketones (excluding diaryl/α,β-unsaturated/α-hetero) is 1. The number of halogens is 5. The van der Waals surface area contributed by atoms with E-state index in [1.54, 1.807) is 19.1 Å². The second kappa shape index (κ2) is 12.6. The Kier molecular flexibility index (Phi) is 9.67. The number of ketones is 1. The Hall–Kier alpha value is -2.59. The highest BCUT2D eigenvalue weighted by Crippen LogP contribution is 2.41. The number of carbonyl (C=O) groups excluding carboxylic acids is 2. The molecular formula is C30H36Cl2F3N3O4. The van der Waals surface area contributed by atoms with E-state index in [2.05, 4.69) is 18.9 Å². The fourth-order valence-electron chi connectivity index (χ4n) is 6.21. The lowest BCUT2D eigenvalue weighted by Gasteiger charge is -2.36. The highest BCUT2D eigenvalue weighted by atomic mass is 35.5. The van der Waals surface area contributed by atoms with Crippen LogP contribution in [0.25, 0.3) is 0 Å². The molecule has 2 fully saturated rings. The van der Waals surface area contributed by atoms with Gasteiger partial charge in [-0.3, -0.25) is 19.1 Å². The summed E-state index contributed by atoms with van der Waals surface area (Å²) in [6, 6.07) is 2.45. The van der Waals surface area contributed by atoms with Crippen LogP contribution in [0.2, 0.25) is 10.0 Å². The Bertz CT molecular complexity index is 1320. The summed E-state index contributed by atoms with van der Waals surface area (Å²) in [5.41, 5.74) is -0.922. The number of benzene rings is 1. The first-order valence-corrected chi connectivity index (χ1v) is 15.0. The van der Waals surface area contributed by atoms with Gasteiger partial charge in [-0.2, -0.15) is 18.3 Å². The largest absolute Gasteiger partial charge is 0.481 e. The van der Waals surface area contributed by atoms with Gasteiger partial charge in [-0.15, -0.1) is 0 Å². The topological polar surface area (TPSA) is 92.5 Å². The molecule has 0 radical (unpaired) electrons. The fraction of sp³-hybridized carbons (Fsp3) is 0.600. The zero-order chi connectivity index (χ0) is 31.0. The van der Waals surface area contributed by atoms with E-state index in [1.807, 2.05) is 0 Å². The average Bonchev–Trinajstić information content (AvgIpc) is 3.34. The van der Waals surface area contributed by atoms with Crippen LogP contribution in [0.1, 0.15) is 103 Å². The number of hydrogen-bond donors (Lipinski definition) is 1. The lowest BCUT2D eigenvalue weighted by atomic mass is 9.73. The standard InChI is InChI=1S/C30H36Cl2F3N3O4/c1-17-12-22(31)25(23(32)13-17)24(39)16-37(15-18-8-10-29(2,3)11-9-18)27(40)21-14-36-38(26(21)30(33,34)35)20-6-4-19(5-7-20)28(41)42/h12-14,18-20H,4-11,15-16H2,1-3H3,(H,41,42). The predicted molar refractivity (Wildman–Crippen MR) is 153 cm³/mol. The van der Waals surface area contributed by atoms with Crippen LogP contribution in [-0.2, 0) is 11.0 Å². The van der Waals surface area contributed by atoms with Crippen LogP contribution in [0.15, 0.2) is 18.3 Å². The molecule has 1 amide bonds. The maximum Gasteiger partial charge on any atom is 0.433 e. The highest BCUT2D eigenvalue weighted by molar-refractivity contribution is 6.40. The van der Waals surface area contributed by atoms with Gasteiger partial charge in [0.1, 0.15) is 0 Å². The summed E-state index contributed by atoms with van der Waals surface area (Å²) in [5.74, 6) is -3.09. The zero-order valence-corrected chi connectivity index (χ0v) is 25.5. The lowest BCUT2D eigenvalue weighted by Crippen LogP contribution is -2.41. The Balaban J connectivity index is 1.67. The van der Waals surface area contributed by atoms with Gasteiger partial charge in [-0.05, 0) is 87.3 Å². The molecule has 0 saturated heterocycles. The number of amides is 1. The van der Waals surface area contributed by atoms with Crippen molar-refractivity contribution < 1.29 is 32.7 Å². The highest BCUT2D eigenvalue weighted by Gasteiger charge is 2.44. The summed E-state index contributed by atoms with van der Waals surface area (Å²) in [5, 5.41) is 13.5. The summed E-state index contributed by atoms with van der Waals surface area (Å²) in [4.78, 5) is 39.9. The van der Waals surface area contributed by atoms with Crippen molar-refractivity contribution in [3.63, 3.8) is 0 Å². The summed E-state index contributed by atoms with van der Waals surface area (Å²) < 4.78 is 44.4. The Morgan fingerprint density at radius 3 is 2.14 bits per heavy atom. The van der Waals surface area contributed by atoms with Crippen molar-refractivity contribution in [2.75, 3.05) is 13.1 Å². The van der Waals surface area contributed by atoms with Crippen molar-refractivity contribution in [3.05, 3.63) is 50.8 Å². The monoisotopic (exact) mass is 629 g/mol. The SMILES string of the molecule is Cc1cc(Cl)c(C(=O)CN(CC2CCC(C)(C)CC2)C(=O)c2cnn(C3CCC(C(=O)O)CC3)c2C(F)(F)F)c(Cl)c1. The van der Waals surface area contributed by atoms with E-state index in [0.29, 0.717) is 0 Å². The quantitative estimate of drug-likeness (QED) is 0.300. The van der Waals surface area contributed by atoms with Crippen molar-refractivity contribution in [1.29, 1.82) is 0 Å². The minimum atomic E-state index is -4.90. The Labute approximate surface area is 253 Å². The van der Waals surface area contributed by atoms with Gasteiger partial charge < -0.3 is 10.0 Å². The van der Waals surface area contributed by atoms with Gasteiger partial charge >= 0.3 is 12.1 Å². The molecule has 1 aromatic heterocycles. The maximum atomic E-state index is 14.5. The molecule has 0 bridgehead atoms. The molecule has 0 spiro atoms. The normalized spacial score (nSPS) is 21.2. The average molecular weight is 631 g/mol. The molecule has 2 aromatic rings. The Morgan fingerprint density at radius 1 is 1.05 bits per heavy atom. The van der Waals surface area contributed by atoms with Gasteiger partial charge in [0.05, 0.1) is 45.9 Å². The molecule has 1 N–H and O–H groups in total. The molecular weight excluding hydrogens is 594 g/mol. The van der Waals surface area contributed by atoms with Crippen LogP contribution in [0.5, 0.6) is 0 Å². The number of carbonyl (C=O) groups is 3. The predicted octanol–water partition coefficient (Wildman–Crippen LogP) is 7.87. The van der Waals surface area contributed by atoms with E-state index >= 15 is 0 Å². The number of nitrogens with zero attached hydrogens (tertiary/aromatic N) is 3. The van der Waals surface area contributed by atoms with E-state index < -0.39 is 53.6 Å². The van der Waals surface area contributed by atoms with E-state index in [1.165, 1.54) is 4.90 Å². The van der Waals surface area contributed by atoms with Crippen molar-refractivity contribution in [2.24, 2.45) is 17.3 Å². The second-order valence-corrected chi connectivity index (χ2v) is 13.3. The van der Waals surface area contributed by atoms with Crippen LogP contribution in [0.4, 0.5) is 13.2 Å². The summed E-state index contributed by atoms with van der Waals surface area (Å²) in [6.45, 7) is 5.69. The van der Waals surface area contributed by atoms with Crippen LogP contribution >= 0.6 is 23.2 Å². The molecule has 0 unspecified atom stereocenters. The second-order valence-electron chi connectivity index (χ2n) is 12.5. The first kappa shape index (κ1) is 32.3. The Morgan fingerprint density at radius 2 is 1.62 bits per heavy atom. The molecule has 1 heterocycles. The molecule has 7 nitrogen and oxygen atoms in total.